The van der Waals surface area contributed by atoms with E-state index in [1.807, 2.05) is 12.1 Å². The molecule has 0 saturated carbocycles. The Hall–Kier alpha value is -0.440. The zero-order valence-electron chi connectivity index (χ0n) is 7.07. The van der Waals surface area contributed by atoms with E-state index in [-0.39, 0.29) is 0 Å². The molecule has 0 bridgehead atoms. The Labute approximate surface area is 86.1 Å². The molecule has 0 fully saturated rings. The molecular formula is C8H9BrO3P+. The molecule has 0 heterocycles. The summed E-state index contributed by atoms with van der Waals surface area (Å²) in [6, 6.07) is 7.29. The third-order valence-electron chi connectivity index (χ3n) is 1.41. The van der Waals surface area contributed by atoms with Gasteiger partial charge in [0.05, 0.1) is 7.11 Å². The van der Waals surface area contributed by atoms with Crippen LogP contribution in [0.25, 0.3) is 0 Å². The molecule has 0 radical (unpaired) electrons. The molecule has 3 nitrogen and oxygen atoms in total. The predicted octanol–water partition coefficient (Wildman–Crippen LogP) is 3.26. The average molecular weight is 264 g/mol. The Morgan fingerprint density at radius 1 is 1.38 bits per heavy atom. The van der Waals surface area contributed by atoms with Gasteiger partial charge in [-0.3, -0.25) is 0 Å². The Morgan fingerprint density at radius 2 is 2.00 bits per heavy atom. The van der Waals surface area contributed by atoms with Crippen LogP contribution in [0.2, 0.25) is 0 Å². The van der Waals surface area contributed by atoms with Gasteiger partial charge in [0.1, 0.15) is 0 Å². The van der Waals surface area contributed by atoms with E-state index >= 15 is 0 Å². The second-order valence-corrected chi connectivity index (χ2v) is 3.83. The highest BCUT2D eigenvalue weighted by molar-refractivity contribution is 9.08. The number of benzene rings is 1. The van der Waals surface area contributed by atoms with E-state index in [4.69, 9.17) is 4.52 Å². The minimum absolute atomic E-state index is 0.549. The fourth-order valence-electron chi connectivity index (χ4n) is 0.763. The lowest BCUT2D eigenvalue weighted by atomic mass is 10.2. The highest BCUT2D eigenvalue weighted by atomic mass is 79.9. The smallest absolute Gasteiger partial charge is 0.229 e. The Balaban J connectivity index is 2.64. The molecule has 0 saturated heterocycles. The second-order valence-electron chi connectivity index (χ2n) is 2.28. The summed E-state index contributed by atoms with van der Waals surface area (Å²) in [5, 5.41) is 0.795. The maximum Gasteiger partial charge on any atom is 0.749 e. The zero-order valence-corrected chi connectivity index (χ0v) is 9.55. The molecule has 0 amide bonds. The zero-order chi connectivity index (χ0) is 9.68. The Kier molecular flexibility index (Phi) is 4.36. The summed E-state index contributed by atoms with van der Waals surface area (Å²) < 4.78 is 20.3. The highest BCUT2D eigenvalue weighted by Crippen LogP contribution is 2.26. The maximum absolute atomic E-state index is 10.8. The number of hydrogen-bond acceptors (Lipinski definition) is 3. The van der Waals surface area contributed by atoms with Crippen molar-refractivity contribution in [2.75, 3.05) is 7.11 Å². The van der Waals surface area contributed by atoms with E-state index in [0.717, 1.165) is 10.9 Å². The fourth-order valence-corrected chi connectivity index (χ4v) is 1.50. The van der Waals surface area contributed by atoms with Gasteiger partial charge in [0.25, 0.3) is 0 Å². The molecule has 1 aromatic rings. The first-order chi connectivity index (χ1) is 6.26. The van der Waals surface area contributed by atoms with Gasteiger partial charge in [-0.1, -0.05) is 28.1 Å². The summed E-state index contributed by atoms with van der Waals surface area (Å²) in [4.78, 5) is 0. The first-order valence-electron chi connectivity index (χ1n) is 3.60. The van der Waals surface area contributed by atoms with Crippen molar-refractivity contribution in [1.82, 2.24) is 0 Å². The normalized spacial score (nSPS) is 11.1. The van der Waals surface area contributed by atoms with Gasteiger partial charge in [0.2, 0.25) is 0 Å². The summed E-state index contributed by atoms with van der Waals surface area (Å²) in [6.45, 7) is 0. The molecule has 0 aliphatic heterocycles. The van der Waals surface area contributed by atoms with Gasteiger partial charge in [-0.05, 0) is 17.7 Å². The molecular weight excluding hydrogens is 255 g/mol. The van der Waals surface area contributed by atoms with E-state index in [2.05, 4.69) is 20.5 Å². The molecule has 1 unspecified atom stereocenters. The first-order valence-corrected chi connectivity index (χ1v) is 5.82. The molecule has 70 valence electrons. The number of rotatable bonds is 4. The summed E-state index contributed by atoms with van der Waals surface area (Å²) >= 11 is 3.32. The summed E-state index contributed by atoms with van der Waals surface area (Å²) in [6.07, 6.45) is 0. The van der Waals surface area contributed by atoms with Crippen molar-refractivity contribution in [2.24, 2.45) is 0 Å². The number of hydrogen-bond donors (Lipinski definition) is 0. The average Bonchev–Trinajstić information content (AvgIpc) is 2.19. The molecule has 0 aliphatic carbocycles. The fraction of sp³-hybridized carbons (Fsp3) is 0.250. The van der Waals surface area contributed by atoms with Gasteiger partial charge in [-0.25, -0.2) is 4.52 Å². The molecule has 0 spiro atoms. The number of alkyl halides is 1. The molecule has 0 aromatic heterocycles. The van der Waals surface area contributed by atoms with Gasteiger partial charge >= 0.3 is 8.25 Å². The van der Waals surface area contributed by atoms with Crippen molar-refractivity contribution in [2.45, 2.75) is 5.33 Å². The summed E-state index contributed by atoms with van der Waals surface area (Å²) in [5.74, 6) is 0.549. The largest absolute Gasteiger partial charge is 0.749 e. The topological polar surface area (TPSA) is 35.5 Å². The lowest BCUT2D eigenvalue weighted by molar-refractivity contribution is 0.349. The van der Waals surface area contributed by atoms with Gasteiger partial charge in [-0.15, -0.1) is 4.52 Å². The van der Waals surface area contributed by atoms with Crippen LogP contribution in [0.5, 0.6) is 5.75 Å². The predicted molar refractivity (Wildman–Crippen MR) is 54.3 cm³/mol. The van der Waals surface area contributed by atoms with Gasteiger partial charge < -0.3 is 0 Å². The van der Waals surface area contributed by atoms with Gasteiger partial charge in [-0.2, -0.15) is 0 Å². The van der Waals surface area contributed by atoms with Crippen LogP contribution in [0.3, 0.4) is 0 Å². The third kappa shape index (κ3) is 3.43. The molecule has 5 heteroatoms. The van der Waals surface area contributed by atoms with Crippen molar-refractivity contribution < 1.29 is 13.6 Å². The Bertz CT molecular complexity index is 286. The highest BCUT2D eigenvalue weighted by Gasteiger charge is 2.18. The van der Waals surface area contributed by atoms with Gasteiger partial charge in [0, 0.05) is 9.90 Å². The van der Waals surface area contributed by atoms with Crippen molar-refractivity contribution in [3.8, 4) is 5.75 Å². The van der Waals surface area contributed by atoms with Crippen LogP contribution < -0.4 is 4.52 Å². The number of halogens is 1. The van der Waals surface area contributed by atoms with Crippen LogP contribution in [0.1, 0.15) is 5.56 Å². The summed E-state index contributed by atoms with van der Waals surface area (Å²) in [7, 11) is -0.691. The van der Waals surface area contributed by atoms with Crippen molar-refractivity contribution >= 4 is 24.2 Å². The van der Waals surface area contributed by atoms with E-state index < -0.39 is 8.25 Å². The SMILES string of the molecule is CO[P+](=O)Oc1ccc(CBr)cc1. The van der Waals surface area contributed by atoms with Gasteiger partial charge in [0.15, 0.2) is 5.75 Å². The molecule has 13 heavy (non-hydrogen) atoms. The molecule has 1 aromatic carbocycles. The lowest BCUT2D eigenvalue weighted by Crippen LogP contribution is -1.83. The lowest BCUT2D eigenvalue weighted by Gasteiger charge is -1.94. The first kappa shape index (κ1) is 10.6. The van der Waals surface area contributed by atoms with Crippen LogP contribution >= 0.6 is 24.2 Å². The molecule has 1 atom stereocenters. The van der Waals surface area contributed by atoms with Crippen LogP contribution in [0.4, 0.5) is 0 Å². The van der Waals surface area contributed by atoms with Crippen molar-refractivity contribution in [3.05, 3.63) is 29.8 Å². The summed E-state index contributed by atoms with van der Waals surface area (Å²) in [5.41, 5.74) is 1.14. The minimum atomic E-state index is -2.03. The van der Waals surface area contributed by atoms with Crippen molar-refractivity contribution in [1.29, 1.82) is 0 Å². The molecule has 0 N–H and O–H groups in total. The standard InChI is InChI=1S/C8H9BrO3P/c1-11-13(10)12-8-4-2-7(6-9)3-5-8/h2-5H,6H2,1H3/q+1. The molecule has 1 rings (SSSR count). The van der Waals surface area contributed by atoms with E-state index in [9.17, 15) is 4.57 Å². The van der Waals surface area contributed by atoms with E-state index in [1.54, 1.807) is 12.1 Å². The monoisotopic (exact) mass is 263 g/mol. The van der Waals surface area contributed by atoms with Crippen molar-refractivity contribution in [3.63, 3.8) is 0 Å². The third-order valence-corrected chi connectivity index (χ3v) is 2.71. The van der Waals surface area contributed by atoms with Crippen LogP contribution in [0, 0.1) is 0 Å². The second kappa shape index (κ2) is 5.32. The van der Waals surface area contributed by atoms with Crippen LogP contribution in [0.15, 0.2) is 24.3 Å². The van der Waals surface area contributed by atoms with Crippen LogP contribution in [-0.4, -0.2) is 7.11 Å². The van der Waals surface area contributed by atoms with Crippen LogP contribution in [-0.2, 0) is 14.4 Å². The molecule has 0 aliphatic rings. The minimum Gasteiger partial charge on any atom is -0.229 e. The maximum atomic E-state index is 10.8. The quantitative estimate of drug-likeness (QED) is 0.618. The Morgan fingerprint density at radius 3 is 2.46 bits per heavy atom. The van der Waals surface area contributed by atoms with E-state index in [0.29, 0.717) is 5.75 Å². The van der Waals surface area contributed by atoms with E-state index in [1.165, 1.54) is 7.11 Å².